The average Bonchev–Trinajstić information content (AvgIpc) is 3.29. The van der Waals surface area contributed by atoms with Crippen LogP contribution in [0.2, 0.25) is 0 Å². The zero-order chi connectivity index (χ0) is 19.2. The van der Waals surface area contributed by atoms with Crippen LogP contribution in [-0.2, 0) is 11.3 Å². The molecular formula is C21H20N4OS. The summed E-state index contributed by atoms with van der Waals surface area (Å²) in [5.41, 5.74) is 2.72. The fourth-order valence-electron chi connectivity index (χ4n) is 2.64. The maximum atomic E-state index is 12.3. The number of nitriles is 1. The molecule has 27 heavy (non-hydrogen) atoms. The molecule has 0 radical (unpaired) electrons. The lowest BCUT2D eigenvalue weighted by atomic mass is 10.1. The lowest BCUT2D eigenvalue weighted by Gasteiger charge is -2.06. The van der Waals surface area contributed by atoms with Crippen molar-refractivity contribution in [2.45, 2.75) is 26.4 Å². The van der Waals surface area contributed by atoms with E-state index in [1.807, 2.05) is 78.6 Å². The zero-order valence-electron chi connectivity index (χ0n) is 15.2. The molecule has 3 rings (SSSR count). The minimum atomic E-state index is -0.375. The van der Waals surface area contributed by atoms with E-state index in [0.29, 0.717) is 6.54 Å². The van der Waals surface area contributed by atoms with E-state index in [1.54, 1.807) is 17.4 Å². The van der Waals surface area contributed by atoms with Gasteiger partial charge < -0.3 is 5.32 Å². The largest absolute Gasteiger partial charge is 0.349 e. The second kappa shape index (κ2) is 8.47. The minimum Gasteiger partial charge on any atom is -0.349 e. The highest BCUT2D eigenvalue weighted by Gasteiger charge is 2.15. The van der Waals surface area contributed by atoms with Gasteiger partial charge in [-0.25, -0.2) is 0 Å². The van der Waals surface area contributed by atoms with Gasteiger partial charge in [-0.15, -0.1) is 11.3 Å². The number of benzene rings is 1. The molecule has 0 unspecified atom stereocenters. The van der Waals surface area contributed by atoms with E-state index >= 15 is 0 Å². The predicted octanol–water partition coefficient (Wildman–Crippen LogP) is 4.09. The number of amides is 1. The molecule has 0 bridgehead atoms. The molecule has 1 amide bonds. The standard InChI is InChI=1S/C21H20N4OS/c1-15(2)23-21(26)17(12-22)11-18-14-25(13-16-7-4-3-5-8-16)24-20(18)19-9-6-10-27-19/h3-11,14-15H,13H2,1-2H3,(H,23,26)/b17-11+. The van der Waals surface area contributed by atoms with E-state index in [9.17, 15) is 10.1 Å². The summed E-state index contributed by atoms with van der Waals surface area (Å²) in [7, 11) is 0. The van der Waals surface area contributed by atoms with E-state index in [2.05, 4.69) is 5.32 Å². The first-order chi connectivity index (χ1) is 13.1. The van der Waals surface area contributed by atoms with Crippen molar-refractivity contribution in [2.24, 2.45) is 0 Å². The smallest absolute Gasteiger partial charge is 0.262 e. The fourth-order valence-corrected chi connectivity index (χ4v) is 3.37. The van der Waals surface area contributed by atoms with Gasteiger partial charge in [-0.3, -0.25) is 9.48 Å². The van der Waals surface area contributed by atoms with Gasteiger partial charge in [0.05, 0.1) is 11.4 Å². The summed E-state index contributed by atoms with van der Waals surface area (Å²) in [6.45, 7) is 4.34. The molecule has 0 fully saturated rings. The van der Waals surface area contributed by atoms with E-state index in [1.165, 1.54) is 0 Å². The van der Waals surface area contributed by atoms with Gasteiger partial charge >= 0.3 is 0 Å². The third-order valence-corrected chi connectivity index (χ3v) is 4.69. The van der Waals surface area contributed by atoms with Crippen LogP contribution in [0, 0.1) is 11.3 Å². The number of thiophene rings is 1. The van der Waals surface area contributed by atoms with Crippen LogP contribution in [0.4, 0.5) is 0 Å². The van der Waals surface area contributed by atoms with Crippen LogP contribution in [0.15, 0.2) is 59.6 Å². The Balaban J connectivity index is 1.99. The Kier molecular flexibility index (Phi) is 5.84. The van der Waals surface area contributed by atoms with Gasteiger partial charge in [0.1, 0.15) is 17.3 Å². The lowest BCUT2D eigenvalue weighted by molar-refractivity contribution is -0.117. The summed E-state index contributed by atoms with van der Waals surface area (Å²) in [5, 5.41) is 18.9. The molecule has 136 valence electrons. The SMILES string of the molecule is CC(C)NC(=O)/C(C#N)=C/c1cn(Cc2ccccc2)nc1-c1cccs1. The second-order valence-electron chi connectivity index (χ2n) is 6.39. The van der Waals surface area contributed by atoms with Gasteiger partial charge in [0.25, 0.3) is 5.91 Å². The van der Waals surface area contributed by atoms with Crippen molar-refractivity contribution < 1.29 is 4.79 Å². The number of hydrogen-bond donors (Lipinski definition) is 1. The highest BCUT2D eigenvalue weighted by Crippen LogP contribution is 2.28. The topological polar surface area (TPSA) is 70.7 Å². The van der Waals surface area contributed by atoms with Crippen LogP contribution >= 0.6 is 11.3 Å². The molecule has 0 saturated heterocycles. The first-order valence-corrected chi connectivity index (χ1v) is 9.52. The molecule has 5 nitrogen and oxygen atoms in total. The maximum absolute atomic E-state index is 12.3. The molecule has 0 spiro atoms. The molecule has 2 aromatic heterocycles. The van der Waals surface area contributed by atoms with Gasteiger partial charge in [-0.1, -0.05) is 36.4 Å². The van der Waals surface area contributed by atoms with Crippen molar-refractivity contribution in [1.82, 2.24) is 15.1 Å². The molecule has 1 N–H and O–H groups in total. The van der Waals surface area contributed by atoms with Crippen molar-refractivity contribution in [2.75, 3.05) is 0 Å². The molecule has 2 heterocycles. The average molecular weight is 376 g/mol. The summed E-state index contributed by atoms with van der Waals surface area (Å²) >= 11 is 1.58. The quantitative estimate of drug-likeness (QED) is 0.520. The summed E-state index contributed by atoms with van der Waals surface area (Å²) in [6.07, 6.45) is 3.49. The first-order valence-electron chi connectivity index (χ1n) is 8.64. The number of carbonyl (C=O) groups excluding carboxylic acids is 1. The molecule has 0 aliphatic heterocycles. The molecule has 0 saturated carbocycles. The highest BCUT2D eigenvalue weighted by molar-refractivity contribution is 7.13. The first kappa shape index (κ1) is 18.6. The molecule has 6 heteroatoms. The lowest BCUT2D eigenvalue weighted by Crippen LogP contribution is -2.30. The zero-order valence-corrected chi connectivity index (χ0v) is 16.0. The minimum absolute atomic E-state index is 0.0354. The molecule has 0 aliphatic carbocycles. The maximum Gasteiger partial charge on any atom is 0.262 e. The number of hydrogen-bond acceptors (Lipinski definition) is 4. The summed E-state index contributed by atoms with van der Waals surface area (Å²) in [4.78, 5) is 13.3. The number of aromatic nitrogens is 2. The van der Waals surface area contributed by atoms with Gasteiger partial charge in [-0.2, -0.15) is 10.4 Å². The number of rotatable bonds is 6. The fraction of sp³-hybridized carbons (Fsp3) is 0.190. The van der Waals surface area contributed by atoms with Gasteiger partial charge in [0.2, 0.25) is 0 Å². The van der Waals surface area contributed by atoms with Crippen molar-refractivity contribution in [3.63, 3.8) is 0 Å². The van der Waals surface area contributed by atoms with Crippen LogP contribution in [0.1, 0.15) is 25.0 Å². The van der Waals surface area contributed by atoms with Gasteiger partial charge in [-0.05, 0) is 36.9 Å². The van der Waals surface area contributed by atoms with E-state index in [-0.39, 0.29) is 17.5 Å². The van der Waals surface area contributed by atoms with Crippen LogP contribution in [0.3, 0.4) is 0 Å². The summed E-state index contributed by atoms with van der Waals surface area (Å²) < 4.78 is 1.84. The molecule has 3 aromatic rings. The predicted molar refractivity (Wildman–Crippen MR) is 108 cm³/mol. The van der Waals surface area contributed by atoms with Crippen LogP contribution in [0.5, 0.6) is 0 Å². The molecule has 0 aliphatic rings. The number of carbonyl (C=O) groups is 1. The van der Waals surface area contributed by atoms with Gasteiger partial charge in [0.15, 0.2) is 0 Å². The van der Waals surface area contributed by atoms with Crippen LogP contribution < -0.4 is 5.32 Å². The van der Waals surface area contributed by atoms with Crippen LogP contribution in [-0.4, -0.2) is 21.7 Å². The monoisotopic (exact) mass is 376 g/mol. The van der Waals surface area contributed by atoms with Crippen molar-refractivity contribution in [3.05, 3.63) is 70.7 Å². The Labute approximate surface area is 162 Å². The van der Waals surface area contributed by atoms with Crippen molar-refractivity contribution in [1.29, 1.82) is 5.26 Å². The van der Waals surface area contributed by atoms with Gasteiger partial charge in [0, 0.05) is 17.8 Å². The molecule has 0 atom stereocenters. The molecule has 1 aromatic carbocycles. The Hall–Kier alpha value is -3.17. The van der Waals surface area contributed by atoms with Crippen molar-refractivity contribution >= 4 is 23.3 Å². The van der Waals surface area contributed by atoms with Crippen molar-refractivity contribution in [3.8, 4) is 16.6 Å². The third-order valence-electron chi connectivity index (χ3n) is 3.82. The Morgan fingerprint density at radius 3 is 2.70 bits per heavy atom. The van der Waals surface area contributed by atoms with Crippen LogP contribution in [0.25, 0.3) is 16.6 Å². The second-order valence-corrected chi connectivity index (χ2v) is 7.34. The third kappa shape index (κ3) is 4.72. The van der Waals surface area contributed by atoms with E-state index < -0.39 is 0 Å². The number of nitrogens with zero attached hydrogens (tertiary/aromatic N) is 3. The number of nitrogens with one attached hydrogen (secondary N) is 1. The highest BCUT2D eigenvalue weighted by atomic mass is 32.1. The van der Waals surface area contributed by atoms with E-state index in [0.717, 1.165) is 21.7 Å². The molecular weight excluding hydrogens is 356 g/mol. The summed E-state index contributed by atoms with van der Waals surface area (Å²) in [5.74, 6) is -0.375. The normalized spacial score (nSPS) is 11.4. The Bertz CT molecular complexity index is 979. The van der Waals surface area contributed by atoms with E-state index in [4.69, 9.17) is 5.10 Å². The Morgan fingerprint density at radius 1 is 1.30 bits per heavy atom. The summed E-state index contributed by atoms with van der Waals surface area (Å²) in [6, 6.07) is 15.9. The Morgan fingerprint density at radius 2 is 2.07 bits per heavy atom.